The van der Waals surface area contributed by atoms with Crippen molar-refractivity contribution in [2.24, 2.45) is 0 Å². The predicted octanol–water partition coefficient (Wildman–Crippen LogP) is 3.01. The zero-order valence-electron chi connectivity index (χ0n) is 10.00. The fourth-order valence-corrected chi connectivity index (χ4v) is 2.65. The number of ether oxygens (including phenoxy) is 1. The van der Waals surface area contributed by atoms with E-state index in [2.05, 4.69) is 4.74 Å². The second-order valence-electron chi connectivity index (χ2n) is 4.43. The molecule has 18 heavy (non-hydrogen) atoms. The maximum Gasteiger partial charge on any atom is 0.337 e. The fraction of sp³-hybridized carbons (Fsp3) is 0.385. The molecule has 1 aliphatic rings. The molecule has 0 bridgehead atoms. The number of ketones is 1. The Morgan fingerprint density at radius 1 is 1.39 bits per heavy atom. The monoisotopic (exact) mass is 286 g/mol. The molecule has 1 unspecified atom stereocenters. The van der Waals surface area contributed by atoms with Crippen molar-refractivity contribution in [3.05, 3.63) is 34.9 Å². The van der Waals surface area contributed by atoms with E-state index in [1.165, 1.54) is 7.11 Å². The predicted molar refractivity (Wildman–Crippen MR) is 69.3 cm³/mol. The van der Waals surface area contributed by atoms with Crippen LogP contribution < -0.4 is 0 Å². The van der Waals surface area contributed by atoms with Crippen LogP contribution in [0.5, 0.6) is 0 Å². The van der Waals surface area contributed by atoms with Crippen molar-refractivity contribution in [1.29, 1.82) is 0 Å². The van der Waals surface area contributed by atoms with E-state index in [0.29, 0.717) is 12.0 Å². The summed E-state index contributed by atoms with van der Waals surface area (Å²) in [5, 5.41) is 0. The van der Waals surface area contributed by atoms with E-state index in [-0.39, 0.29) is 11.7 Å². The molecule has 0 amide bonds. The van der Waals surface area contributed by atoms with Crippen LogP contribution in [0.25, 0.3) is 0 Å². The lowest BCUT2D eigenvalue weighted by Gasteiger charge is -2.38. The van der Waals surface area contributed by atoms with Crippen LogP contribution >= 0.6 is 23.2 Å². The molecule has 0 heterocycles. The summed E-state index contributed by atoms with van der Waals surface area (Å²) in [7, 11) is 1.32. The molecule has 3 nitrogen and oxygen atoms in total. The number of alkyl halides is 2. The molecule has 1 aromatic rings. The summed E-state index contributed by atoms with van der Waals surface area (Å²) in [5.41, 5.74) is 2.13. The fourth-order valence-electron chi connectivity index (χ4n) is 2.09. The number of benzene rings is 1. The Labute approximate surface area is 115 Å². The molecule has 1 atom stereocenters. The maximum absolute atomic E-state index is 11.5. The molecular formula is C13H12Cl2O3. The molecule has 0 spiro atoms. The van der Waals surface area contributed by atoms with Gasteiger partial charge in [0.15, 0.2) is 10.1 Å². The molecule has 5 heteroatoms. The van der Waals surface area contributed by atoms with Crippen LogP contribution in [0.4, 0.5) is 0 Å². The molecule has 0 aromatic heterocycles. The number of rotatable bonds is 2. The van der Waals surface area contributed by atoms with Gasteiger partial charge < -0.3 is 4.74 Å². The highest BCUT2D eigenvalue weighted by Gasteiger charge is 2.53. The van der Waals surface area contributed by atoms with Crippen molar-refractivity contribution in [3.63, 3.8) is 0 Å². The highest BCUT2D eigenvalue weighted by molar-refractivity contribution is 6.61. The highest BCUT2D eigenvalue weighted by Crippen LogP contribution is 2.50. The zero-order chi connectivity index (χ0) is 13.5. The Morgan fingerprint density at radius 3 is 2.56 bits per heavy atom. The van der Waals surface area contributed by atoms with E-state index in [9.17, 15) is 9.59 Å². The van der Waals surface area contributed by atoms with Crippen LogP contribution in [0.3, 0.4) is 0 Å². The van der Waals surface area contributed by atoms with Crippen molar-refractivity contribution in [2.75, 3.05) is 7.11 Å². The number of hydrogen-bond acceptors (Lipinski definition) is 3. The van der Waals surface area contributed by atoms with Crippen LogP contribution in [0.2, 0.25) is 0 Å². The van der Waals surface area contributed by atoms with Crippen LogP contribution in [0.15, 0.2) is 18.2 Å². The van der Waals surface area contributed by atoms with Gasteiger partial charge in [-0.15, -0.1) is 0 Å². The summed E-state index contributed by atoms with van der Waals surface area (Å²) < 4.78 is 3.31. The molecular weight excluding hydrogens is 275 g/mol. The van der Waals surface area contributed by atoms with Gasteiger partial charge >= 0.3 is 5.97 Å². The number of aryl methyl sites for hydroxylation is 1. The average Bonchev–Trinajstić information content (AvgIpc) is 2.33. The first-order chi connectivity index (χ1) is 8.36. The lowest BCUT2D eigenvalue weighted by Crippen LogP contribution is -2.45. The SMILES string of the molecule is COC(=O)c1cc(C)cc(C2CC(=O)C2(Cl)Cl)c1. The summed E-state index contributed by atoms with van der Waals surface area (Å²) in [6.07, 6.45) is 0.303. The van der Waals surface area contributed by atoms with Gasteiger partial charge in [-0.05, 0) is 30.2 Å². The standard InChI is InChI=1S/C13H12Cl2O3/c1-7-3-8(5-9(4-7)12(17)18-2)10-6-11(16)13(10,14)15/h3-5,10H,6H2,1-2H3. The van der Waals surface area contributed by atoms with Gasteiger partial charge in [0.2, 0.25) is 0 Å². The molecule has 1 fully saturated rings. The Bertz CT molecular complexity index is 523. The minimum Gasteiger partial charge on any atom is -0.465 e. The van der Waals surface area contributed by atoms with Gasteiger partial charge in [0.1, 0.15) is 0 Å². The van der Waals surface area contributed by atoms with E-state index in [1.54, 1.807) is 12.1 Å². The molecule has 96 valence electrons. The van der Waals surface area contributed by atoms with E-state index in [1.807, 2.05) is 13.0 Å². The smallest absolute Gasteiger partial charge is 0.337 e. The molecule has 1 aliphatic carbocycles. The topological polar surface area (TPSA) is 43.4 Å². The number of carbonyl (C=O) groups is 2. The third kappa shape index (κ3) is 2.13. The first kappa shape index (κ1) is 13.4. The van der Waals surface area contributed by atoms with Crippen LogP contribution in [-0.4, -0.2) is 23.2 Å². The highest BCUT2D eigenvalue weighted by atomic mass is 35.5. The van der Waals surface area contributed by atoms with Crippen molar-refractivity contribution in [1.82, 2.24) is 0 Å². The Balaban J connectivity index is 2.38. The van der Waals surface area contributed by atoms with Crippen LogP contribution in [0.1, 0.15) is 33.8 Å². The molecule has 0 aliphatic heterocycles. The second-order valence-corrected chi connectivity index (χ2v) is 5.81. The second kappa shape index (κ2) is 4.56. The number of esters is 1. The zero-order valence-corrected chi connectivity index (χ0v) is 11.5. The van der Waals surface area contributed by atoms with E-state index in [0.717, 1.165) is 11.1 Å². The van der Waals surface area contributed by atoms with Crippen molar-refractivity contribution >= 4 is 35.0 Å². The number of carbonyl (C=O) groups excluding carboxylic acids is 2. The summed E-state index contributed by atoms with van der Waals surface area (Å²) in [6, 6.07) is 5.28. The van der Waals surface area contributed by atoms with Crippen LogP contribution in [0, 0.1) is 6.92 Å². The maximum atomic E-state index is 11.5. The number of methoxy groups -OCH3 is 1. The van der Waals surface area contributed by atoms with Crippen molar-refractivity contribution in [3.8, 4) is 0 Å². The number of hydrogen-bond donors (Lipinski definition) is 0. The molecule has 0 saturated heterocycles. The van der Waals surface area contributed by atoms with Gasteiger partial charge in [-0.1, -0.05) is 29.3 Å². The van der Waals surface area contributed by atoms with Gasteiger partial charge in [0, 0.05) is 12.3 Å². The Hall–Kier alpha value is -1.06. The third-order valence-corrected chi connectivity index (χ3v) is 4.07. The first-order valence-corrected chi connectivity index (χ1v) is 6.23. The molecule has 2 rings (SSSR count). The van der Waals surface area contributed by atoms with Gasteiger partial charge in [-0.25, -0.2) is 4.79 Å². The lowest BCUT2D eigenvalue weighted by atomic mass is 9.77. The van der Waals surface area contributed by atoms with Gasteiger partial charge in [-0.2, -0.15) is 0 Å². The minimum absolute atomic E-state index is 0.183. The van der Waals surface area contributed by atoms with Gasteiger partial charge in [-0.3, -0.25) is 4.79 Å². The Kier molecular flexibility index (Phi) is 3.39. The van der Waals surface area contributed by atoms with Gasteiger partial charge in [0.25, 0.3) is 0 Å². The summed E-state index contributed by atoms with van der Waals surface area (Å²) in [5.74, 6) is -0.867. The molecule has 0 N–H and O–H groups in total. The van der Waals surface area contributed by atoms with E-state index < -0.39 is 10.3 Å². The minimum atomic E-state index is -1.37. The van der Waals surface area contributed by atoms with E-state index in [4.69, 9.17) is 23.2 Å². The summed E-state index contributed by atoms with van der Waals surface area (Å²) >= 11 is 11.9. The van der Waals surface area contributed by atoms with E-state index >= 15 is 0 Å². The van der Waals surface area contributed by atoms with Crippen LogP contribution in [-0.2, 0) is 9.53 Å². The number of Topliss-reactive ketones (excluding diaryl/α,β-unsaturated/α-hetero) is 1. The Morgan fingerprint density at radius 2 is 2.06 bits per heavy atom. The first-order valence-electron chi connectivity index (χ1n) is 5.47. The normalized spacial score (nSPS) is 21.3. The molecule has 1 aromatic carbocycles. The quantitative estimate of drug-likeness (QED) is 0.620. The summed E-state index contributed by atoms with van der Waals surface area (Å²) in [6.45, 7) is 1.86. The summed E-state index contributed by atoms with van der Waals surface area (Å²) in [4.78, 5) is 22.9. The average molecular weight is 287 g/mol. The van der Waals surface area contributed by atoms with Gasteiger partial charge in [0.05, 0.1) is 12.7 Å². The molecule has 0 radical (unpaired) electrons. The third-order valence-electron chi connectivity index (χ3n) is 3.12. The molecule has 1 saturated carbocycles. The van der Waals surface area contributed by atoms with Crippen molar-refractivity contribution < 1.29 is 14.3 Å². The largest absolute Gasteiger partial charge is 0.465 e. The van der Waals surface area contributed by atoms with Crippen molar-refractivity contribution in [2.45, 2.75) is 23.6 Å². The lowest BCUT2D eigenvalue weighted by molar-refractivity contribution is -0.125. The number of halogens is 2.